The number of hydrogen-bond donors (Lipinski definition) is 0. The molecule has 1 heterocycles. The number of nitro groups is 1. The fourth-order valence-electron chi connectivity index (χ4n) is 1.63. The molecule has 1 aromatic heterocycles. The summed E-state index contributed by atoms with van der Waals surface area (Å²) >= 11 is 2.65. The predicted octanol–water partition coefficient (Wildman–Crippen LogP) is 3.26. The molecule has 0 atom stereocenters. The lowest BCUT2D eigenvalue weighted by molar-refractivity contribution is -0.384. The number of halogens is 4. The lowest BCUT2D eigenvalue weighted by Crippen LogP contribution is -2.07. The third-order valence-electron chi connectivity index (χ3n) is 2.33. The summed E-state index contributed by atoms with van der Waals surface area (Å²) in [6, 6.07) is 0.784. The number of rotatable bonds is 1. The molecule has 0 unspecified atom stereocenters. The molecule has 9 heteroatoms. The second kappa shape index (κ2) is 3.94. The molecule has 2 rings (SSSR count). The number of fused-ring (bicyclic) bond motifs is 1. The molecule has 0 fully saturated rings. The second-order valence-corrected chi connectivity index (χ2v) is 4.37. The van der Waals surface area contributed by atoms with Crippen LogP contribution in [0.1, 0.15) is 5.56 Å². The summed E-state index contributed by atoms with van der Waals surface area (Å²) in [4.78, 5) is 10.0. The van der Waals surface area contributed by atoms with E-state index in [1.807, 2.05) is 0 Å². The van der Waals surface area contributed by atoms with Crippen LogP contribution in [0.25, 0.3) is 10.9 Å². The maximum absolute atomic E-state index is 12.7. The third-order valence-corrected chi connectivity index (χ3v) is 3.13. The first kappa shape index (κ1) is 12.8. The van der Waals surface area contributed by atoms with Crippen LogP contribution in [0, 0.1) is 10.1 Å². The highest BCUT2D eigenvalue weighted by atomic mass is 79.9. The number of alkyl halides is 3. The van der Waals surface area contributed by atoms with Crippen LogP contribution in [0.5, 0.6) is 0 Å². The van der Waals surface area contributed by atoms with E-state index in [0.29, 0.717) is 0 Å². The van der Waals surface area contributed by atoms with E-state index in [9.17, 15) is 23.3 Å². The second-order valence-electron chi connectivity index (χ2n) is 3.58. The van der Waals surface area contributed by atoms with Gasteiger partial charge in [0, 0.05) is 13.2 Å². The Bertz CT molecular complexity index is 651. The minimum atomic E-state index is -4.69. The molecule has 2 aromatic rings. The van der Waals surface area contributed by atoms with Crippen molar-refractivity contribution in [3.05, 3.63) is 32.4 Å². The summed E-state index contributed by atoms with van der Waals surface area (Å²) in [5, 5.41) is 14.7. The molecular formula is C9H5BrF3N3O2. The minimum absolute atomic E-state index is 0.0578. The monoisotopic (exact) mass is 323 g/mol. The van der Waals surface area contributed by atoms with Gasteiger partial charge in [-0.05, 0) is 22.0 Å². The SMILES string of the molecule is Cn1cc2c([N+](=O)[O-])c(Br)c(C(F)(F)F)cc2n1. The normalized spacial score (nSPS) is 12.1. The first-order chi connectivity index (χ1) is 8.21. The Morgan fingerprint density at radius 2 is 2.11 bits per heavy atom. The summed E-state index contributed by atoms with van der Waals surface area (Å²) in [6.45, 7) is 0. The molecule has 0 bridgehead atoms. The van der Waals surface area contributed by atoms with E-state index in [-0.39, 0.29) is 10.9 Å². The van der Waals surface area contributed by atoms with Crippen LogP contribution in [0.3, 0.4) is 0 Å². The van der Waals surface area contributed by atoms with Crippen molar-refractivity contribution < 1.29 is 18.1 Å². The Labute approximate surface area is 106 Å². The zero-order valence-electron chi connectivity index (χ0n) is 8.82. The number of aryl methyl sites for hydroxylation is 1. The van der Waals surface area contributed by atoms with Crippen molar-refractivity contribution in [3.63, 3.8) is 0 Å². The van der Waals surface area contributed by atoms with Crippen molar-refractivity contribution in [3.8, 4) is 0 Å². The first-order valence-corrected chi connectivity index (χ1v) is 5.38. The Morgan fingerprint density at radius 3 is 2.61 bits per heavy atom. The van der Waals surface area contributed by atoms with Crippen molar-refractivity contribution in [2.75, 3.05) is 0 Å². The molecule has 0 aliphatic carbocycles. The van der Waals surface area contributed by atoms with E-state index in [4.69, 9.17) is 0 Å². The van der Waals surface area contributed by atoms with Crippen LogP contribution in [-0.2, 0) is 13.2 Å². The van der Waals surface area contributed by atoms with Gasteiger partial charge in [-0.15, -0.1) is 0 Å². The molecule has 18 heavy (non-hydrogen) atoms. The van der Waals surface area contributed by atoms with Gasteiger partial charge in [-0.3, -0.25) is 14.8 Å². The fraction of sp³-hybridized carbons (Fsp3) is 0.222. The molecule has 96 valence electrons. The van der Waals surface area contributed by atoms with Gasteiger partial charge < -0.3 is 0 Å². The largest absolute Gasteiger partial charge is 0.417 e. The maximum atomic E-state index is 12.7. The van der Waals surface area contributed by atoms with E-state index >= 15 is 0 Å². The first-order valence-electron chi connectivity index (χ1n) is 4.59. The van der Waals surface area contributed by atoms with Gasteiger partial charge in [-0.25, -0.2) is 0 Å². The lowest BCUT2D eigenvalue weighted by atomic mass is 10.1. The van der Waals surface area contributed by atoms with Crippen LogP contribution in [0.4, 0.5) is 18.9 Å². The standard InChI is InChI=1S/C9H5BrF3N3O2/c1-15-3-4-6(14-15)2-5(9(11,12)13)7(10)8(4)16(17)18/h2-3H,1H3. The highest BCUT2D eigenvalue weighted by molar-refractivity contribution is 9.10. The summed E-state index contributed by atoms with van der Waals surface area (Å²) < 4.78 is 38.9. The Kier molecular flexibility index (Phi) is 2.80. The van der Waals surface area contributed by atoms with Crippen LogP contribution < -0.4 is 0 Å². The van der Waals surface area contributed by atoms with Gasteiger partial charge in [0.05, 0.1) is 21.4 Å². The van der Waals surface area contributed by atoms with Crippen LogP contribution in [-0.4, -0.2) is 14.7 Å². The third kappa shape index (κ3) is 1.94. The zero-order valence-corrected chi connectivity index (χ0v) is 10.4. The molecule has 0 saturated heterocycles. The zero-order chi connectivity index (χ0) is 13.7. The number of hydrogen-bond acceptors (Lipinski definition) is 3. The van der Waals surface area contributed by atoms with E-state index in [2.05, 4.69) is 21.0 Å². The van der Waals surface area contributed by atoms with E-state index in [1.54, 1.807) is 0 Å². The molecule has 0 aliphatic heterocycles. The van der Waals surface area contributed by atoms with Crippen molar-refractivity contribution in [2.24, 2.45) is 7.05 Å². The predicted molar refractivity (Wildman–Crippen MR) is 60.1 cm³/mol. The smallest absolute Gasteiger partial charge is 0.274 e. The van der Waals surface area contributed by atoms with Gasteiger partial charge in [0.25, 0.3) is 5.69 Å². The number of nitro benzene ring substituents is 1. The van der Waals surface area contributed by atoms with Gasteiger partial charge in [0.2, 0.25) is 0 Å². The highest BCUT2D eigenvalue weighted by Gasteiger charge is 2.38. The topological polar surface area (TPSA) is 61.0 Å². The number of benzene rings is 1. The summed E-state index contributed by atoms with van der Waals surface area (Å²) in [5.74, 6) is 0. The minimum Gasteiger partial charge on any atom is -0.274 e. The van der Waals surface area contributed by atoms with Crippen LogP contribution >= 0.6 is 15.9 Å². The van der Waals surface area contributed by atoms with Crippen LogP contribution in [0.2, 0.25) is 0 Å². The summed E-state index contributed by atoms with van der Waals surface area (Å²) in [5.41, 5.74) is -1.81. The Hall–Kier alpha value is -1.64. The van der Waals surface area contributed by atoms with Gasteiger partial charge in [0.15, 0.2) is 0 Å². The highest BCUT2D eigenvalue weighted by Crippen LogP contribution is 2.43. The Balaban J connectivity index is 2.92. The lowest BCUT2D eigenvalue weighted by Gasteiger charge is -2.09. The maximum Gasteiger partial charge on any atom is 0.417 e. The molecule has 0 spiro atoms. The Morgan fingerprint density at radius 1 is 1.50 bits per heavy atom. The van der Waals surface area contributed by atoms with Gasteiger partial charge in [-0.2, -0.15) is 18.3 Å². The van der Waals surface area contributed by atoms with Gasteiger partial charge in [0.1, 0.15) is 4.47 Å². The van der Waals surface area contributed by atoms with Crippen molar-refractivity contribution in [1.82, 2.24) is 9.78 Å². The molecule has 5 nitrogen and oxygen atoms in total. The molecule has 1 aromatic carbocycles. The van der Waals surface area contributed by atoms with E-state index in [1.165, 1.54) is 17.9 Å². The van der Waals surface area contributed by atoms with Crippen LogP contribution in [0.15, 0.2) is 16.7 Å². The fourth-order valence-corrected chi connectivity index (χ4v) is 2.32. The van der Waals surface area contributed by atoms with Gasteiger partial charge in [-0.1, -0.05) is 0 Å². The number of nitrogens with zero attached hydrogens (tertiary/aromatic N) is 3. The molecule has 0 amide bonds. The van der Waals surface area contributed by atoms with Crippen molar-refractivity contribution in [2.45, 2.75) is 6.18 Å². The average molecular weight is 324 g/mol. The molecule has 0 saturated carbocycles. The summed E-state index contributed by atoms with van der Waals surface area (Å²) in [7, 11) is 1.48. The molecule has 0 N–H and O–H groups in total. The molecular weight excluding hydrogens is 319 g/mol. The average Bonchev–Trinajstić information content (AvgIpc) is 2.54. The quantitative estimate of drug-likeness (QED) is 0.597. The molecule has 0 radical (unpaired) electrons. The molecule has 0 aliphatic rings. The van der Waals surface area contributed by atoms with Gasteiger partial charge >= 0.3 is 6.18 Å². The number of aromatic nitrogens is 2. The summed E-state index contributed by atoms with van der Waals surface area (Å²) in [6.07, 6.45) is -3.38. The van der Waals surface area contributed by atoms with Crippen molar-refractivity contribution in [1.29, 1.82) is 0 Å². The van der Waals surface area contributed by atoms with Crippen molar-refractivity contribution >= 4 is 32.5 Å². The van der Waals surface area contributed by atoms with E-state index < -0.39 is 26.8 Å². The van der Waals surface area contributed by atoms with E-state index in [0.717, 1.165) is 6.07 Å².